The van der Waals surface area contributed by atoms with Crippen LogP contribution < -0.4 is 15.4 Å². The molecule has 0 aliphatic heterocycles. The molecule has 6 heteroatoms. The first-order valence-corrected chi connectivity index (χ1v) is 8.15. The smallest absolute Gasteiger partial charge is 0.259 e. The zero-order chi connectivity index (χ0) is 18.6. The number of hydrogen-bond acceptors (Lipinski definition) is 3. The van der Waals surface area contributed by atoms with E-state index in [0.717, 1.165) is 0 Å². The van der Waals surface area contributed by atoms with Gasteiger partial charge in [-0.15, -0.1) is 0 Å². The minimum atomic E-state index is -0.507. The fourth-order valence-electron chi connectivity index (χ4n) is 2.05. The molecule has 0 aromatic heterocycles. The molecule has 0 bridgehead atoms. The van der Waals surface area contributed by atoms with E-state index in [9.17, 15) is 9.59 Å². The molecule has 0 radical (unpaired) electrons. The standard InChI is InChI=1S/C19H21ClN2O3/c1-19(2,3)18(24)22-14-7-5-6-13(11-14)21-17(23)15-10-12(20)8-9-16(15)25-4/h5-11H,1-4H3,(H,21,23)(H,22,24). The van der Waals surface area contributed by atoms with E-state index in [0.29, 0.717) is 27.7 Å². The number of benzene rings is 2. The molecular weight excluding hydrogens is 340 g/mol. The highest BCUT2D eigenvalue weighted by Crippen LogP contribution is 2.25. The third kappa shape index (κ3) is 4.97. The third-order valence-electron chi connectivity index (χ3n) is 3.47. The molecule has 0 heterocycles. The van der Waals surface area contributed by atoms with Crippen molar-refractivity contribution < 1.29 is 14.3 Å². The molecule has 0 aliphatic rings. The van der Waals surface area contributed by atoms with Crippen molar-refractivity contribution in [2.45, 2.75) is 20.8 Å². The van der Waals surface area contributed by atoms with Gasteiger partial charge in [0.15, 0.2) is 0 Å². The van der Waals surface area contributed by atoms with Gasteiger partial charge in [-0.25, -0.2) is 0 Å². The zero-order valence-electron chi connectivity index (χ0n) is 14.6. The highest BCUT2D eigenvalue weighted by molar-refractivity contribution is 6.31. The van der Waals surface area contributed by atoms with Crippen molar-refractivity contribution in [3.8, 4) is 5.75 Å². The largest absolute Gasteiger partial charge is 0.496 e. The first-order valence-electron chi connectivity index (χ1n) is 7.77. The Morgan fingerprint density at radius 3 is 2.24 bits per heavy atom. The van der Waals surface area contributed by atoms with Crippen LogP contribution in [0.3, 0.4) is 0 Å². The maximum atomic E-state index is 12.5. The van der Waals surface area contributed by atoms with Crippen LogP contribution >= 0.6 is 11.6 Å². The number of ether oxygens (including phenoxy) is 1. The first-order chi connectivity index (χ1) is 11.7. The van der Waals surface area contributed by atoms with Gasteiger partial charge in [-0.05, 0) is 36.4 Å². The Kier molecular flexibility index (Phi) is 5.69. The van der Waals surface area contributed by atoms with Gasteiger partial charge in [0.05, 0.1) is 12.7 Å². The Morgan fingerprint density at radius 1 is 1.00 bits per heavy atom. The average molecular weight is 361 g/mol. The maximum absolute atomic E-state index is 12.5. The van der Waals surface area contributed by atoms with E-state index in [1.165, 1.54) is 7.11 Å². The summed E-state index contributed by atoms with van der Waals surface area (Å²) in [4.78, 5) is 24.6. The summed E-state index contributed by atoms with van der Waals surface area (Å²) in [5, 5.41) is 6.06. The first kappa shape index (κ1) is 18.8. The summed E-state index contributed by atoms with van der Waals surface area (Å²) in [5.74, 6) is -0.0229. The summed E-state index contributed by atoms with van der Waals surface area (Å²) in [6.45, 7) is 5.50. The number of hydrogen-bond donors (Lipinski definition) is 2. The summed E-state index contributed by atoms with van der Waals surface area (Å²) < 4.78 is 5.20. The minimum Gasteiger partial charge on any atom is -0.496 e. The van der Waals surface area contributed by atoms with E-state index in [4.69, 9.17) is 16.3 Å². The number of carbonyl (C=O) groups is 2. The van der Waals surface area contributed by atoms with E-state index in [2.05, 4.69) is 10.6 Å². The van der Waals surface area contributed by atoms with Crippen molar-refractivity contribution in [1.29, 1.82) is 0 Å². The Morgan fingerprint density at radius 2 is 1.64 bits per heavy atom. The van der Waals surface area contributed by atoms with E-state index in [1.54, 1.807) is 42.5 Å². The molecule has 0 spiro atoms. The van der Waals surface area contributed by atoms with E-state index < -0.39 is 5.41 Å². The summed E-state index contributed by atoms with van der Waals surface area (Å²) >= 11 is 5.96. The Balaban J connectivity index is 2.18. The monoisotopic (exact) mass is 360 g/mol. The molecule has 0 atom stereocenters. The topological polar surface area (TPSA) is 67.4 Å². The van der Waals surface area contributed by atoms with Crippen LogP contribution in [0.4, 0.5) is 11.4 Å². The van der Waals surface area contributed by atoms with Crippen molar-refractivity contribution in [2.75, 3.05) is 17.7 Å². The van der Waals surface area contributed by atoms with Crippen molar-refractivity contribution >= 4 is 34.8 Å². The van der Waals surface area contributed by atoms with Crippen LogP contribution in [-0.4, -0.2) is 18.9 Å². The summed E-state index contributed by atoms with van der Waals surface area (Å²) in [5.41, 5.74) is 0.988. The van der Waals surface area contributed by atoms with E-state index in [-0.39, 0.29) is 11.8 Å². The van der Waals surface area contributed by atoms with Crippen LogP contribution in [0.1, 0.15) is 31.1 Å². The number of rotatable bonds is 4. The van der Waals surface area contributed by atoms with Crippen molar-refractivity contribution in [1.82, 2.24) is 0 Å². The number of carbonyl (C=O) groups excluding carboxylic acids is 2. The van der Waals surface area contributed by atoms with Crippen LogP contribution in [0, 0.1) is 5.41 Å². The molecule has 132 valence electrons. The second kappa shape index (κ2) is 7.57. The molecule has 2 aromatic carbocycles. The lowest BCUT2D eigenvalue weighted by Gasteiger charge is -2.18. The predicted molar refractivity (Wildman–Crippen MR) is 100 cm³/mol. The number of halogens is 1. The lowest BCUT2D eigenvalue weighted by molar-refractivity contribution is -0.123. The second-order valence-corrected chi connectivity index (χ2v) is 7.02. The molecule has 0 unspecified atom stereocenters. The predicted octanol–water partition coefficient (Wildman–Crippen LogP) is 4.59. The molecule has 2 aromatic rings. The maximum Gasteiger partial charge on any atom is 0.259 e. The Labute approximate surface area is 152 Å². The number of methoxy groups -OCH3 is 1. The molecular formula is C19H21ClN2O3. The fraction of sp³-hybridized carbons (Fsp3) is 0.263. The number of anilines is 2. The molecule has 25 heavy (non-hydrogen) atoms. The number of amides is 2. The average Bonchev–Trinajstić information content (AvgIpc) is 2.54. The van der Waals surface area contributed by atoms with Crippen molar-refractivity contribution in [3.63, 3.8) is 0 Å². The van der Waals surface area contributed by atoms with E-state index in [1.807, 2.05) is 20.8 Å². The molecule has 2 N–H and O–H groups in total. The van der Waals surface area contributed by atoms with Gasteiger partial charge in [-0.1, -0.05) is 38.4 Å². The molecule has 0 saturated carbocycles. The van der Waals surface area contributed by atoms with Crippen LogP contribution in [-0.2, 0) is 4.79 Å². The second-order valence-electron chi connectivity index (χ2n) is 6.58. The Bertz CT molecular complexity index is 797. The van der Waals surface area contributed by atoms with Gasteiger partial charge in [-0.2, -0.15) is 0 Å². The lowest BCUT2D eigenvalue weighted by Crippen LogP contribution is -2.27. The minimum absolute atomic E-state index is 0.104. The molecule has 2 amide bonds. The zero-order valence-corrected chi connectivity index (χ0v) is 15.4. The van der Waals surface area contributed by atoms with Crippen molar-refractivity contribution in [2.24, 2.45) is 5.41 Å². The van der Waals surface area contributed by atoms with Crippen LogP contribution in [0.15, 0.2) is 42.5 Å². The van der Waals surface area contributed by atoms with Gasteiger partial charge < -0.3 is 15.4 Å². The van der Waals surface area contributed by atoms with Crippen LogP contribution in [0.5, 0.6) is 5.75 Å². The molecule has 2 rings (SSSR count). The normalized spacial score (nSPS) is 10.9. The van der Waals surface area contributed by atoms with Gasteiger partial charge in [0.25, 0.3) is 5.91 Å². The van der Waals surface area contributed by atoms with Gasteiger partial charge >= 0.3 is 0 Å². The van der Waals surface area contributed by atoms with E-state index >= 15 is 0 Å². The fourth-order valence-corrected chi connectivity index (χ4v) is 2.22. The highest BCUT2D eigenvalue weighted by Gasteiger charge is 2.21. The summed E-state index contributed by atoms with van der Waals surface area (Å²) in [6, 6.07) is 11.8. The quantitative estimate of drug-likeness (QED) is 0.838. The van der Waals surface area contributed by atoms with Gasteiger partial charge in [0, 0.05) is 21.8 Å². The summed E-state index contributed by atoms with van der Waals surface area (Å²) in [7, 11) is 1.49. The molecule has 0 fully saturated rings. The molecule has 0 saturated heterocycles. The van der Waals surface area contributed by atoms with Gasteiger partial charge in [-0.3, -0.25) is 9.59 Å². The van der Waals surface area contributed by atoms with Gasteiger partial charge in [0.2, 0.25) is 5.91 Å². The molecule has 5 nitrogen and oxygen atoms in total. The van der Waals surface area contributed by atoms with Crippen LogP contribution in [0.25, 0.3) is 0 Å². The van der Waals surface area contributed by atoms with Crippen LogP contribution in [0.2, 0.25) is 5.02 Å². The van der Waals surface area contributed by atoms with Crippen molar-refractivity contribution in [3.05, 3.63) is 53.1 Å². The third-order valence-corrected chi connectivity index (χ3v) is 3.70. The highest BCUT2D eigenvalue weighted by atomic mass is 35.5. The SMILES string of the molecule is COc1ccc(Cl)cc1C(=O)Nc1cccc(NC(=O)C(C)(C)C)c1. The summed E-state index contributed by atoms with van der Waals surface area (Å²) in [6.07, 6.45) is 0. The van der Waals surface area contributed by atoms with Gasteiger partial charge in [0.1, 0.15) is 5.75 Å². The molecule has 0 aliphatic carbocycles. The number of nitrogens with one attached hydrogen (secondary N) is 2. The Hall–Kier alpha value is -2.53. The lowest BCUT2D eigenvalue weighted by atomic mass is 9.95.